The van der Waals surface area contributed by atoms with E-state index >= 15 is 0 Å². The van der Waals surface area contributed by atoms with Crippen molar-refractivity contribution in [2.75, 3.05) is 40.1 Å². The highest BCUT2D eigenvalue weighted by atomic mass is 16.5. The zero-order valence-corrected chi connectivity index (χ0v) is 12.3. The lowest BCUT2D eigenvalue weighted by molar-refractivity contribution is 0.0644. The summed E-state index contributed by atoms with van der Waals surface area (Å²) in [4.78, 5) is 0. The van der Waals surface area contributed by atoms with Crippen molar-refractivity contribution >= 4 is 0 Å². The van der Waals surface area contributed by atoms with Crippen molar-refractivity contribution in [2.45, 2.75) is 13.3 Å². The van der Waals surface area contributed by atoms with E-state index in [0.29, 0.717) is 33.0 Å². The molecule has 0 bridgehead atoms. The number of methoxy groups -OCH3 is 1. The Hall–Kier alpha value is -1.54. The molecule has 0 amide bonds. The smallest absolute Gasteiger partial charge is 0.119 e. The van der Waals surface area contributed by atoms with Gasteiger partial charge in [0, 0.05) is 25.7 Å². The van der Waals surface area contributed by atoms with Gasteiger partial charge in [-0.25, -0.2) is 0 Å². The average molecular weight is 277 g/mol. The van der Waals surface area contributed by atoms with Crippen LogP contribution < -0.4 is 10.5 Å². The first-order chi connectivity index (χ1) is 9.77. The highest BCUT2D eigenvalue weighted by molar-refractivity contribution is 5.44. The van der Waals surface area contributed by atoms with Gasteiger partial charge in [0.2, 0.25) is 0 Å². The zero-order chi connectivity index (χ0) is 14.6. The summed E-state index contributed by atoms with van der Waals surface area (Å²) in [7, 11) is 1.66. The van der Waals surface area contributed by atoms with Gasteiger partial charge < -0.3 is 19.9 Å². The van der Waals surface area contributed by atoms with Crippen LogP contribution in [0.4, 0.5) is 0 Å². The highest BCUT2D eigenvalue weighted by Crippen LogP contribution is 2.16. The van der Waals surface area contributed by atoms with Crippen molar-refractivity contribution in [2.24, 2.45) is 5.73 Å². The van der Waals surface area contributed by atoms with Crippen molar-refractivity contribution in [3.63, 3.8) is 0 Å². The fourth-order valence-electron chi connectivity index (χ4n) is 1.61. The molecule has 1 rings (SSSR count). The van der Waals surface area contributed by atoms with Crippen LogP contribution in [0.3, 0.4) is 0 Å². The Kier molecular flexibility index (Phi) is 8.48. The maximum absolute atomic E-state index is 5.67. The molecule has 1 aromatic rings. The van der Waals surface area contributed by atoms with Gasteiger partial charge in [-0.15, -0.1) is 0 Å². The van der Waals surface area contributed by atoms with Crippen molar-refractivity contribution in [3.8, 4) is 17.6 Å². The fourth-order valence-corrected chi connectivity index (χ4v) is 1.61. The van der Waals surface area contributed by atoms with Crippen molar-refractivity contribution in [3.05, 3.63) is 29.3 Å². The second kappa shape index (κ2) is 10.3. The predicted octanol–water partition coefficient (Wildman–Crippen LogP) is 1.74. The lowest BCUT2D eigenvalue weighted by Gasteiger charge is -2.08. The third-order valence-corrected chi connectivity index (χ3v) is 2.66. The zero-order valence-electron chi connectivity index (χ0n) is 12.3. The standard InChI is InChI=1S/C16H23NO3/c1-14-13-16(7-6-15(14)5-3-8-17)20-10-4-9-19-12-11-18-2/h6-7,13H,4,8-12,17H2,1-2H3. The second-order valence-electron chi connectivity index (χ2n) is 4.29. The minimum absolute atomic E-state index is 0.376. The Labute approximate surface area is 121 Å². The van der Waals surface area contributed by atoms with E-state index in [2.05, 4.69) is 11.8 Å². The first kappa shape index (κ1) is 16.5. The molecule has 0 aliphatic heterocycles. The molecule has 0 saturated carbocycles. The van der Waals surface area contributed by atoms with Gasteiger partial charge in [-0.2, -0.15) is 0 Å². The van der Waals surface area contributed by atoms with Gasteiger partial charge in [-0.05, 0) is 30.7 Å². The summed E-state index contributed by atoms with van der Waals surface area (Å²) in [6.07, 6.45) is 0.859. The highest BCUT2D eigenvalue weighted by Gasteiger charge is 1.99. The minimum atomic E-state index is 0.376. The van der Waals surface area contributed by atoms with Crippen molar-refractivity contribution in [1.82, 2.24) is 0 Å². The Morgan fingerprint density at radius 3 is 2.70 bits per heavy atom. The van der Waals surface area contributed by atoms with Crippen LogP contribution in [-0.2, 0) is 9.47 Å². The third-order valence-electron chi connectivity index (χ3n) is 2.66. The molecule has 0 heterocycles. The molecule has 110 valence electrons. The summed E-state index contributed by atoms with van der Waals surface area (Å²) in [6, 6.07) is 5.88. The molecular formula is C16H23NO3. The number of rotatable bonds is 8. The van der Waals surface area contributed by atoms with Crippen LogP contribution in [0.2, 0.25) is 0 Å². The van der Waals surface area contributed by atoms with E-state index in [9.17, 15) is 0 Å². The Balaban J connectivity index is 2.29. The number of benzene rings is 1. The summed E-state index contributed by atoms with van der Waals surface area (Å²) in [5.74, 6) is 6.74. The lowest BCUT2D eigenvalue weighted by atomic mass is 10.1. The summed E-state index contributed by atoms with van der Waals surface area (Å²) in [6.45, 7) is 4.97. The molecule has 0 atom stereocenters. The van der Waals surface area contributed by atoms with E-state index < -0.39 is 0 Å². The van der Waals surface area contributed by atoms with Gasteiger partial charge in [0.25, 0.3) is 0 Å². The SMILES string of the molecule is COCCOCCCOc1ccc(C#CCN)c(C)c1. The van der Waals surface area contributed by atoms with Gasteiger partial charge in [0.15, 0.2) is 0 Å². The lowest BCUT2D eigenvalue weighted by Crippen LogP contribution is -2.06. The second-order valence-corrected chi connectivity index (χ2v) is 4.29. The van der Waals surface area contributed by atoms with E-state index in [1.165, 1.54) is 0 Å². The number of hydrogen-bond donors (Lipinski definition) is 1. The Morgan fingerprint density at radius 1 is 1.15 bits per heavy atom. The first-order valence-electron chi connectivity index (χ1n) is 6.77. The van der Waals surface area contributed by atoms with E-state index in [-0.39, 0.29) is 0 Å². The maximum Gasteiger partial charge on any atom is 0.119 e. The molecule has 0 aromatic heterocycles. The average Bonchev–Trinajstić information content (AvgIpc) is 2.45. The number of hydrogen-bond acceptors (Lipinski definition) is 4. The van der Waals surface area contributed by atoms with Crippen LogP contribution in [0, 0.1) is 18.8 Å². The summed E-state index contributed by atoms with van der Waals surface area (Å²) < 4.78 is 15.9. The van der Waals surface area contributed by atoms with Crippen LogP contribution in [0.25, 0.3) is 0 Å². The summed E-state index contributed by atoms with van der Waals surface area (Å²) >= 11 is 0. The largest absolute Gasteiger partial charge is 0.493 e. The van der Waals surface area contributed by atoms with Crippen LogP contribution in [0.5, 0.6) is 5.75 Å². The molecule has 0 unspecified atom stereocenters. The molecule has 4 heteroatoms. The topological polar surface area (TPSA) is 53.7 Å². The van der Waals surface area contributed by atoms with Crippen LogP contribution in [-0.4, -0.2) is 40.1 Å². The fraction of sp³-hybridized carbons (Fsp3) is 0.500. The van der Waals surface area contributed by atoms with Crippen molar-refractivity contribution < 1.29 is 14.2 Å². The van der Waals surface area contributed by atoms with E-state index in [0.717, 1.165) is 23.3 Å². The Bertz CT molecular complexity index is 449. The maximum atomic E-state index is 5.67. The van der Waals surface area contributed by atoms with Gasteiger partial charge in [0.05, 0.1) is 26.4 Å². The van der Waals surface area contributed by atoms with Gasteiger partial charge in [-0.1, -0.05) is 11.8 Å². The number of ether oxygens (including phenoxy) is 3. The molecule has 4 nitrogen and oxygen atoms in total. The molecule has 0 spiro atoms. The summed E-state index contributed by atoms with van der Waals surface area (Å²) in [5, 5.41) is 0. The molecule has 1 aromatic carbocycles. The van der Waals surface area contributed by atoms with Gasteiger partial charge in [-0.3, -0.25) is 0 Å². The molecule has 0 aliphatic rings. The molecule has 0 aliphatic carbocycles. The molecule has 0 radical (unpaired) electrons. The number of nitrogens with two attached hydrogens (primary N) is 1. The van der Waals surface area contributed by atoms with Crippen LogP contribution >= 0.6 is 0 Å². The predicted molar refractivity (Wildman–Crippen MR) is 79.9 cm³/mol. The Morgan fingerprint density at radius 2 is 2.00 bits per heavy atom. The van der Waals surface area contributed by atoms with Gasteiger partial charge >= 0.3 is 0 Å². The van der Waals surface area contributed by atoms with Crippen LogP contribution in [0.15, 0.2) is 18.2 Å². The van der Waals surface area contributed by atoms with Gasteiger partial charge in [0.1, 0.15) is 5.75 Å². The minimum Gasteiger partial charge on any atom is -0.493 e. The molecule has 20 heavy (non-hydrogen) atoms. The molecule has 2 N–H and O–H groups in total. The summed E-state index contributed by atoms with van der Waals surface area (Å²) in [5.41, 5.74) is 7.45. The molecule has 0 saturated heterocycles. The normalized spacial score (nSPS) is 9.95. The van der Waals surface area contributed by atoms with E-state index in [4.69, 9.17) is 19.9 Å². The van der Waals surface area contributed by atoms with E-state index in [1.807, 2.05) is 25.1 Å². The van der Waals surface area contributed by atoms with Crippen molar-refractivity contribution in [1.29, 1.82) is 0 Å². The molecular weight excluding hydrogens is 254 g/mol. The number of aryl methyl sites for hydroxylation is 1. The van der Waals surface area contributed by atoms with E-state index in [1.54, 1.807) is 7.11 Å². The quantitative estimate of drug-likeness (QED) is 0.581. The monoisotopic (exact) mass is 277 g/mol. The van der Waals surface area contributed by atoms with Crippen LogP contribution in [0.1, 0.15) is 17.5 Å². The first-order valence-corrected chi connectivity index (χ1v) is 6.77. The third kappa shape index (κ3) is 6.58. The molecule has 0 fully saturated rings.